The first-order chi connectivity index (χ1) is 11.6. The van der Waals surface area contributed by atoms with Gasteiger partial charge in [-0.2, -0.15) is 0 Å². The molecule has 3 rings (SSSR count). The fourth-order valence-electron chi connectivity index (χ4n) is 3.30. The van der Waals surface area contributed by atoms with E-state index in [4.69, 9.17) is 0 Å². The number of likely N-dealkylation sites (N-methyl/N-ethyl adjacent to an activating group) is 1. The molecule has 0 aliphatic carbocycles. The van der Waals surface area contributed by atoms with Crippen molar-refractivity contribution >= 4 is 5.91 Å². The van der Waals surface area contributed by atoms with Crippen LogP contribution in [0.2, 0.25) is 0 Å². The predicted octanol–water partition coefficient (Wildman–Crippen LogP) is 3.13. The number of carbonyl (C=O) groups excluding carboxylic acids is 1. The summed E-state index contributed by atoms with van der Waals surface area (Å²) in [5, 5.41) is 0. The van der Waals surface area contributed by atoms with Crippen molar-refractivity contribution in [1.82, 2.24) is 14.8 Å². The number of aromatic nitrogens is 1. The second-order valence-corrected chi connectivity index (χ2v) is 6.62. The normalized spacial score (nSPS) is 18.3. The molecule has 1 aliphatic heterocycles. The van der Waals surface area contributed by atoms with Gasteiger partial charge in [0.2, 0.25) is 0 Å². The second-order valence-electron chi connectivity index (χ2n) is 6.62. The van der Waals surface area contributed by atoms with Gasteiger partial charge in [-0.05, 0) is 44.0 Å². The molecule has 0 bridgehead atoms. The molecule has 1 unspecified atom stereocenters. The van der Waals surface area contributed by atoms with Gasteiger partial charge >= 0.3 is 0 Å². The third kappa shape index (κ3) is 4.01. The topological polar surface area (TPSA) is 36.4 Å². The molecule has 1 aromatic carbocycles. The molecule has 1 aliphatic rings. The second kappa shape index (κ2) is 7.58. The molecule has 24 heavy (non-hydrogen) atoms. The maximum absolute atomic E-state index is 12.7. The number of hydrogen-bond acceptors (Lipinski definition) is 3. The Morgan fingerprint density at radius 3 is 2.75 bits per heavy atom. The van der Waals surface area contributed by atoms with Crippen LogP contribution in [0.15, 0.2) is 48.7 Å². The first kappa shape index (κ1) is 16.7. The van der Waals surface area contributed by atoms with E-state index in [1.54, 1.807) is 6.20 Å². The number of nitrogens with zero attached hydrogens (tertiary/aromatic N) is 3. The largest absolute Gasteiger partial charge is 0.337 e. The molecule has 126 valence electrons. The van der Waals surface area contributed by atoms with E-state index in [2.05, 4.69) is 34.1 Å². The van der Waals surface area contributed by atoms with Gasteiger partial charge in [-0.15, -0.1) is 0 Å². The van der Waals surface area contributed by atoms with Crippen LogP contribution in [0.5, 0.6) is 0 Å². The number of piperidine rings is 1. The van der Waals surface area contributed by atoms with Crippen LogP contribution in [-0.4, -0.2) is 46.9 Å². The summed E-state index contributed by atoms with van der Waals surface area (Å²) in [7, 11) is 1.92. The van der Waals surface area contributed by atoms with Crippen molar-refractivity contribution in [3.63, 3.8) is 0 Å². The first-order valence-corrected chi connectivity index (χ1v) is 8.59. The van der Waals surface area contributed by atoms with Crippen molar-refractivity contribution in [3.8, 4) is 0 Å². The molecule has 2 heterocycles. The van der Waals surface area contributed by atoms with Crippen molar-refractivity contribution in [1.29, 1.82) is 0 Å². The van der Waals surface area contributed by atoms with Crippen molar-refractivity contribution in [2.45, 2.75) is 32.4 Å². The molecule has 1 amide bonds. The van der Waals surface area contributed by atoms with Gasteiger partial charge in [-0.1, -0.05) is 30.3 Å². The summed E-state index contributed by atoms with van der Waals surface area (Å²) in [5.74, 6) is 0.0639. The summed E-state index contributed by atoms with van der Waals surface area (Å²) in [6.07, 6.45) is 3.87. The van der Waals surface area contributed by atoms with E-state index in [-0.39, 0.29) is 11.9 Å². The van der Waals surface area contributed by atoms with Gasteiger partial charge in [-0.25, -0.2) is 0 Å². The first-order valence-electron chi connectivity index (χ1n) is 8.59. The Bertz CT molecular complexity index is 669. The van der Waals surface area contributed by atoms with Gasteiger partial charge in [0.05, 0.1) is 5.56 Å². The van der Waals surface area contributed by atoms with Gasteiger partial charge in [-0.3, -0.25) is 14.7 Å². The zero-order valence-electron chi connectivity index (χ0n) is 14.5. The fraction of sp³-hybridized carbons (Fsp3) is 0.400. The number of hydrogen-bond donors (Lipinski definition) is 0. The van der Waals surface area contributed by atoms with Gasteiger partial charge in [0, 0.05) is 38.1 Å². The lowest BCUT2D eigenvalue weighted by Gasteiger charge is -2.37. The van der Waals surface area contributed by atoms with Crippen molar-refractivity contribution in [3.05, 3.63) is 65.5 Å². The van der Waals surface area contributed by atoms with Crippen LogP contribution >= 0.6 is 0 Å². The summed E-state index contributed by atoms with van der Waals surface area (Å²) in [4.78, 5) is 21.3. The lowest BCUT2D eigenvalue weighted by atomic mass is 10.0. The summed E-state index contributed by atoms with van der Waals surface area (Å²) >= 11 is 0. The Morgan fingerprint density at radius 2 is 2.04 bits per heavy atom. The minimum absolute atomic E-state index is 0.0639. The summed E-state index contributed by atoms with van der Waals surface area (Å²) < 4.78 is 0. The number of aryl methyl sites for hydroxylation is 1. The lowest BCUT2D eigenvalue weighted by Crippen LogP contribution is -2.48. The van der Waals surface area contributed by atoms with Crippen LogP contribution in [0.25, 0.3) is 0 Å². The molecule has 0 saturated carbocycles. The summed E-state index contributed by atoms with van der Waals surface area (Å²) in [5.41, 5.74) is 2.93. The Balaban J connectivity index is 1.63. The third-order valence-corrected chi connectivity index (χ3v) is 4.76. The Kier molecular flexibility index (Phi) is 5.26. The van der Waals surface area contributed by atoms with E-state index in [0.717, 1.165) is 38.2 Å². The smallest absolute Gasteiger partial charge is 0.255 e. The highest BCUT2D eigenvalue weighted by Crippen LogP contribution is 2.19. The number of rotatable bonds is 4. The molecule has 1 atom stereocenters. The number of benzene rings is 1. The van der Waals surface area contributed by atoms with Gasteiger partial charge in [0.15, 0.2) is 0 Å². The zero-order valence-corrected chi connectivity index (χ0v) is 14.5. The predicted molar refractivity (Wildman–Crippen MR) is 95.8 cm³/mol. The van der Waals surface area contributed by atoms with Crippen LogP contribution in [-0.2, 0) is 6.54 Å². The van der Waals surface area contributed by atoms with Crippen molar-refractivity contribution < 1.29 is 4.79 Å². The Morgan fingerprint density at radius 1 is 1.25 bits per heavy atom. The van der Waals surface area contributed by atoms with Crippen molar-refractivity contribution in [2.24, 2.45) is 0 Å². The molecular weight excluding hydrogens is 298 g/mol. The van der Waals surface area contributed by atoms with Crippen LogP contribution in [0.1, 0.15) is 34.5 Å². The maximum Gasteiger partial charge on any atom is 0.255 e. The molecule has 1 aromatic heterocycles. The number of amides is 1. The molecule has 0 radical (unpaired) electrons. The molecule has 1 saturated heterocycles. The zero-order chi connectivity index (χ0) is 16.9. The summed E-state index contributed by atoms with van der Waals surface area (Å²) in [6.45, 7) is 4.90. The van der Waals surface area contributed by atoms with E-state index >= 15 is 0 Å². The van der Waals surface area contributed by atoms with E-state index < -0.39 is 0 Å². The average Bonchev–Trinajstić information content (AvgIpc) is 2.62. The van der Waals surface area contributed by atoms with E-state index in [1.165, 1.54) is 5.56 Å². The van der Waals surface area contributed by atoms with Crippen LogP contribution in [0.3, 0.4) is 0 Å². The molecule has 0 N–H and O–H groups in total. The number of carbonyl (C=O) groups is 1. The molecule has 0 spiro atoms. The van der Waals surface area contributed by atoms with E-state index in [9.17, 15) is 4.79 Å². The highest BCUT2D eigenvalue weighted by Gasteiger charge is 2.26. The minimum atomic E-state index is 0.0639. The van der Waals surface area contributed by atoms with Gasteiger partial charge in [0.25, 0.3) is 5.91 Å². The summed E-state index contributed by atoms with van der Waals surface area (Å²) in [6, 6.07) is 14.6. The highest BCUT2D eigenvalue weighted by atomic mass is 16.2. The molecule has 4 heteroatoms. The maximum atomic E-state index is 12.7. The SMILES string of the molecule is Cc1ccc(C(=O)N(C)C2CCCN(Cc3ccccc3)C2)cn1. The van der Waals surface area contributed by atoms with Crippen molar-refractivity contribution in [2.75, 3.05) is 20.1 Å². The van der Waals surface area contributed by atoms with Crippen LogP contribution < -0.4 is 0 Å². The van der Waals surface area contributed by atoms with E-state index in [1.807, 2.05) is 37.1 Å². The Hall–Kier alpha value is -2.20. The molecule has 2 aromatic rings. The highest BCUT2D eigenvalue weighted by molar-refractivity contribution is 5.94. The van der Waals surface area contributed by atoms with Gasteiger partial charge in [0.1, 0.15) is 0 Å². The van der Waals surface area contributed by atoms with Crippen LogP contribution in [0, 0.1) is 6.92 Å². The quantitative estimate of drug-likeness (QED) is 0.867. The number of likely N-dealkylation sites (tertiary alicyclic amines) is 1. The molecular formula is C20H25N3O. The average molecular weight is 323 g/mol. The number of pyridine rings is 1. The molecule has 1 fully saturated rings. The van der Waals surface area contributed by atoms with E-state index in [0.29, 0.717) is 5.56 Å². The van der Waals surface area contributed by atoms with Gasteiger partial charge < -0.3 is 4.90 Å². The minimum Gasteiger partial charge on any atom is -0.337 e. The third-order valence-electron chi connectivity index (χ3n) is 4.76. The Labute approximate surface area is 144 Å². The fourth-order valence-corrected chi connectivity index (χ4v) is 3.30. The van der Waals surface area contributed by atoms with Crippen LogP contribution in [0.4, 0.5) is 0 Å². The monoisotopic (exact) mass is 323 g/mol. The lowest BCUT2D eigenvalue weighted by molar-refractivity contribution is 0.0609. The standard InChI is InChI=1S/C20H25N3O/c1-16-10-11-18(13-21-16)20(24)22(2)19-9-6-12-23(15-19)14-17-7-4-3-5-8-17/h3-5,7-8,10-11,13,19H,6,9,12,14-15H2,1-2H3. The molecule has 4 nitrogen and oxygen atoms in total.